The van der Waals surface area contributed by atoms with Gasteiger partial charge in [0.25, 0.3) is 0 Å². The van der Waals surface area contributed by atoms with Crippen molar-refractivity contribution in [2.75, 3.05) is 0 Å². The van der Waals surface area contributed by atoms with E-state index < -0.39 is 0 Å². The highest BCUT2D eigenvalue weighted by Gasteiger charge is 2.07. The molecule has 27 heavy (non-hydrogen) atoms. The first-order valence-electron chi connectivity index (χ1n) is 9.23. The van der Waals surface area contributed by atoms with Crippen LogP contribution in [0, 0.1) is 25.7 Å². The van der Waals surface area contributed by atoms with Crippen molar-refractivity contribution in [1.82, 2.24) is 19.3 Å². The minimum Gasteiger partial charge on any atom is -0.296 e. The van der Waals surface area contributed by atoms with Gasteiger partial charge >= 0.3 is 0 Å². The topological polar surface area (TPSA) is 35.6 Å². The summed E-state index contributed by atoms with van der Waals surface area (Å²) in [6.45, 7) is 7.25. The number of aryl methyl sites for hydroxylation is 3. The number of aromatic nitrogens is 4. The molecule has 134 valence electrons. The standard InChI is InChI=1S/C23H22N4/c1-4-11-26-15-21(14-25-26)27-16-24-22-13-19(8-10-23(22)27)7-9-20-12-17(2)5-6-18(20)3/h5-6,8,10,12-16H,4,11H2,1-3H3. The summed E-state index contributed by atoms with van der Waals surface area (Å²) in [5.74, 6) is 6.57. The fraction of sp³-hybridized carbons (Fsp3) is 0.217. The van der Waals surface area contributed by atoms with Crippen LogP contribution in [-0.4, -0.2) is 19.3 Å². The van der Waals surface area contributed by atoms with E-state index in [1.807, 2.05) is 23.3 Å². The van der Waals surface area contributed by atoms with Crippen molar-refractivity contribution in [3.05, 3.63) is 77.4 Å². The van der Waals surface area contributed by atoms with Gasteiger partial charge in [-0.05, 0) is 55.7 Å². The number of hydrogen-bond donors (Lipinski definition) is 0. The Bertz CT molecular complexity index is 1170. The zero-order chi connectivity index (χ0) is 18.8. The summed E-state index contributed by atoms with van der Waals surface area (Å²) in [6.07, 6.45) is 6.85. The van der Waals surface area contributed by atoms with E-state index in [0.29, 0.717) is 0 Å². The molecule has 0 amide bonds. The third-order valence-corrected chi connectivity index (χ3v) is 4.63. The van der Waals surface area contributed by atoms with Crippen LogP contribution in [0.5, 0.6) is 0 Å². The minimum absolute atomic E-state index is 0.921. The fourth-order valence-electron chi connectivity index (χ4n) is 3.13. The Balaban J connectivity index is 1.66. The molecule has 2 aromatic heterocycles. The molecule has 0 aliphatic rings. The van der Waals surface area contributed by atoms with Gasteiger partial charge in [-0.3, -0.25) is 9.25 Å². The first kappa shape index (κ1) is 17.1. The van der Waals surface area contributed by atoms with E-state index in [0.717, 1.165) is 40.8 Å². The molecule has 0 unspecified atom stereocenters. The van der Waals surface area contributed by atoms with Crippen molar-refractivity contribution in [2.45, 2.75) is 33.7 Å². The number of imidazole rings is 1. The van der Waals surface area contributed by atoms with Crippen LogP contribution in [0.25, 0.3) is 16.7 Å². The molecule has 4 rings (SSSR count). The third-order valence-electron chi connectivity index (χ3n) is 4.63. The number of hydrogen-bond acceptors (Lipinski definition) is 2. The highest BCUT2D eigenvalue weighted by Crippen LogP contribution is 2.19. The van der Waals surface area contributed by atoms with Gasteiger partial charge in [0.05, 0.1) is 22.9 Å². The van der Waals surface area contributed by atoms with E-state index in [-0.39, 0.29) is 0 Å². The zero-order valence-electron chi connectivity index (χ0n) is 15.9. The highest BCUT2D eigenvalue weighted by molar-refractivity contribution is 5.79. The van der Waals surface area contributed by atoms with Gasteiger partial charge in [0, 0.05) is 23.9 Å². The van der Waals surface area contributed by atoms with E-state index in [1.54, 1.807) is 0 Å². The SMILES string of the molecule is CCCn1cc(-n2cnc3cc(C#Cc4cc(C)ccc4C)ccc32)cn1. The molecule has 4 nitrogen and oxygen atoms in total. The molecular weight excluding hydrogens is 332 g/mol. The molecule has 0 spiro atoms. The van der Waals surface area contributed by atoms with Crippen LogP contribution in [-0.2, 0) is 6.54 Å². The maximum absolute atomic E-state index is 4.56. The molecule has 4 heteroatoms. The van der Waals surface area contributed by atoms with Crippen molar-refractivity contribution < 1.29 is 0 Å². The molecule has 2 heterocycles. The Labute approximate surface area is 159 Å². The normalized spacial score (nSPS) is 10.8. The monoisotopic (exact) mass is 354 g/mol. The molecule has 0 N–H and O–H groups in total. The van der Waals surface area contributed by atoms with Crippen LogP contribution in [0.15, 0.2) is 55.1 Å². The second-order valence-electron chi connectivity index (χ2n) is 6.85. The Morgan fingerprint density at radius 3 is 2.78 bits per heavy atom. The maximum atomic E-state index is 4.56. The average molecular weight is 354 g/mol. The predicted molar refractivity (Wildman–Crippen MR) is 109 cm³/mol. The second kappa shape index (κ2) is 7.13. The van der Waals surface area contributed by atoms with Gasteiger partial charge in [-0.15, -0.1) is 0 Å². The lowest BCUT2D eigenvalue weighted by molar-refractivity contribution is 0.602. The van der Waals surface area contributed by atoms with Gasteiger partial charge in [-0.1, -0.05) is 30.9 Å². The molecule has 0 saturated heterocycles. The van der Waals surface area contributed by atoms with E-state index in [1.165, 1.54) is 11.1 Å². The quantitative estimate of drug-likeness (QED) is 0.502. The van der Waals surface area contributed by atoms with E-state index >= 15 is 0 Å². The summed E-state index contributed by atoms with van der Waals surface area (Å²) in [6, 6.07) is 12.5. The van der Waals surface area contributed by atoms with Gasteiger partial charge in [0.1, 0.15) is 6.33 Å². The summed E-state index contributed by atoms with van der Waals surface area (Å²) in [7, 11) is 0. The van der Waals surface area contributed by atoms with Gasteiger partial charge in [-0.25, -0.2) is 4.98 Å². The van der Waals surface area contributed by atoms with E-state index in [4.69, 9.17) is 0 Å². The molecule has 4 aromatic rings. The Morgan fingerprint density at radius 2 is 1.93 bits per heavy atom. The molecule has 0 aliphatic heterocycles. The zero-order valence-corrected chi connectivity index (χ0v) is 15.9. The summed E-state index contributed by atoms with van der Waals surface area (Å²) in [5.41, 5.74) is 7.49. The lowest BCUT2D eigenvalue weighted by Gasteiger charge is -2.01. The molecule has 0 bridgehead atoms. The van der Waals surface area contributed by atoms with Crippen molar-refractivity contribution in [3.63, 3.8) is 0 Å². The van der Waals surface area contributed by atoms with Gasteiger partial charge < -0.3 is 0 Å². The summed E-state index contributed by atoms with van der Waals surface area (Å²) < 4.78 is 4.03. The lowest BCUT2D eigenvalue weighted by atomic mass is 10.1. The predicted octanol–water partition coefficient (Wildman–Crippen LogP) is 4.65. The number of benzene rings is 2. The minimum atomic E-state index is 0.921. The Hall–Kier alpha value is -3.32. The first-order chi connectivity index (χ1) is 13.1. The van der Waals surface area contributed by atoms with Crippen molar-refractivity contribution in [3.8, 4) is 17.5 Å². The second-order valence-corrected chi connectivity index (χ2v) is 6.85. The molecule has 0 fully saturated rings. The van der Waals surface area contributed by atoms with Crippen molar-refractivity contribution in [2.24, 2.45) is 0 Å². The van der Waals surface area contributed by atoms with Gasteiger partial charge in [-0.2, -0.15) is 5.10 Å². The molecule has 2 aromatic carbocycles. The van der Waals surface area contributed by atoms with Crippen LogP contribution in [0.4, 0.5) is 0 Å². The molecule has 0 saturated carbocycles. The van der Waals surface area contributed by atoms with Gasteiger partial charge in [0.2, 0.25) is 0 Å². The van der Waals surface area contributed by atoms with Crippen LogP contribution >= 0.6 is 0 Å². The molecule has 0 radical (unpaired) electrons. The van der Waals surface area contributed by atoms with Crippen molar-refractivity contribution >= 4 is 11.0 Å². The largest absolute Gasteiger partial charge is 0.296 e. The molecular formula is C23H22N4. The third kappa shape index (κ3) is 3.50. The maximum Gasteiger partial charge on any atom is 0.101 e. The number of rotatable bonds is 3. The highest BCUT2D eigenvalue weighted by atomic mass is 15.3. The number of nitrogens with zero attached hydrogens (tertiary/aromatic N) is 4. The summed E-state index contributed by atoms with van der Waals surface area (Å²) >= 11 is 0. The first-order valence-corrected chi connectivity index (χ1v) is 9.23. The van der Waals surface area contributed by atoms with Crippen LogP contribution < -0.4 is 0 Å². The smallest absolute Gasteiger partial charge is 0.101 e. The van der Waals surface area contributed by atoms with E-state index in [9.17, 15) is 0 Å². The van der Waals surface area contributed by atoms with Gasteiger partial charge in [0.15, 0.2) is 0 Å². The average Bonchev–Trinajstić information content (AvgIpc) is 3.29. The molecule has 0 atom stereocenters. The van der Waals surface area contributed by atoms with Crippen LogP contribution in [0.2, 0.25) is 0 Å². The fourth-order valence-corrected chi connectivity index (χ4v) is 3.13. The van der Waals surface area contributed by atoms with Crippen LogP contribution in [0.3, 0.4) is 0 Å². The van der Waals surface area contributed by atoms with E-state index in [2.05, 4.69) is 83.8 Å². The number of fused-ring (bicyclic) bond motifs is 1. The van der Waals surface area contributed by atoms with Crippen molar-refractivity contribution in [1.29, 1.82) is 0 Å². The molecule has 0 aliphatic carbocycles. The van der Waals surface area contributed by atoms with Crippen LogP contribution in [0.1, 0.15) is 35.6 Å². The lowest BCUT2D eigenvalue weighted by Crippen LogP contribution is -1.96. The summed E-state index contributed by atoms with van der Waals surface area (Å²) in [4.78, 5) is 4.56. The Kier molecular flexibility index (Phi) is 4.52. The Morgan fingerprint density at radius 1 is 1.04 bits per heavy atom. The summed E-state index contributed by atoms with van der Waals surface area (Å²) in [5, 5.41) is 4.41.